The van der Waals surface area contributed by atoms with Crippen molar-refractivity contribution in [2.75, 3.05) is 23.8 Å². The van der Waals surface area contributed by atoms with Gasteiger partial charge in [0.1, 0.15) is 5.82 Å². The third kappa shape index (κ3) is 6.19. The zero-order valence-electron chi connectivity index (χ0n) is 15.9. The maximum atomic E-state index is 13.4. The second-order valence-electron chi connectivity index (χ2n) is 6.77. The number of hydrogen-bond donors (Lipinski definition) is 2. The summed E-state index contributed by atoms with van der Waals surface area (Å²) in [7, 11) is -2.96. The first kappa shape index (κ1) is 23.1. The molecule has 0 saturated carbocycles. The second kappa shape index (κ2) is 9.68. The summed E-state index contributed by atoms with van der Waals surface area (Å²) in [4.78, 5) is 15.8. The Hall–Kier alpha value is -2.61. The summed E-state index contributed by atoms with van der Waals surface area (Å²) in [5.74, 6) is -1.14. The molecule has 2 heterocycles. The number of carbonyl (C=O) groups excluding carboxylic acids is 1. The summed E-state index contributed by atoms with van der Waals surface area (Å²) in [6, 6.07) is 2.94. The van der Waals surface area contributed by atoms with Gasteiger partial charge in [-0.1, -0.05) is 11.8 Å². The zero-order chi connectivity index (χ0) is 22.6. The van der Waals surface area contributed by atoms with Crippen molar-refractivity contribution in [2.45, 2.75) is 17.9 Å². The monoisotopic (exact) mass is 477 g/mol. The van der Waals surface area contributed by atoms with E-state index in [-0.39, 0.29) is 58.5 Å². The zero-order valence-corrected chi connectivity index (χ0v) is 17.6. The van der Waals surface area contributed by atoms with Gasteiger partial charge in [0.05, 0.1) is 22.8 Å². The molecule has 1 aliphatic rings. The van der Waals surface area contributed by atoms with Crippen LogP contribution in [0.25, 0.3) is 0 Å². The fourth-order valence-electron chi connectivity index (χ4n) is 2.85. The summed E-state index contributed by atoms with van der Waals surface area (Å²) in [6.45, 7) is 0.280. The Kier molecular flexibility index (Phi) is 7.20. The van der Waals surface area contributed by atoms with Crippen LogP contribution in [0.5, 0.6) is 0 Å². The van der Waals surface area contributed by atoms with E-state index in [2.05, 4.69) is 25.3 Å². The SMILES string of the molecule is NC(=Nc1ccc(F)c(C(F)F)c1)c1nonc1SCCNC(=O)CC1CS(=O)(=O)C1. The molecule has 3 rings (SSSR count). The molecule has 31 heavy (non-hydrogen) atoms. The minimum atomic E-state index is -3.00. The Morgan fingerprint density at radius 3 is 2.77 bits per heavy atom. The number of aliphatic imine (C=N–C) groups is 1. The first-order valence-electron chi connectivity index (χ1n) is 8.99. The van der Waals surface area contributed by atoms with E-state index in [9.17, 15) is 26.4 Å². The van der Waals surface area contributed by atoms with Gasteiger partial charge in [0, 0.05) is 18.7 Å². The molecular weight excluding hydrogens is 459 g/mol. The second-order valence-corrected chi connectivity index (χ2v) is 10.0. The van der Waals surface area contributed by atoms with Crippen molar-refractivity contribution in [3.63, 3.8) is 0 Å². The predicted molar refractivity (Wildman–Crippen MR) is 107 cm³/mol. The molecule has 9 nitrogen and oxygen atoms in total. The average Bonchev–Trinajstić information content (AvgIpc) is 3.13. The molecule has 0 atom stereocenters. The third-order valence-corrected chi connectivity index (χ3v) is 7.19. The highest BCUT2D eigenvalue weighted by Gasteiger charge is 2.34. The van der Waals surface area contributed by atoms with Crippen molar-refractivity contribution in [3.8, 4) is 0 Å². The molecule has 1 fully saturated rings. The molecule has 1 saturated heterocycles. The van der Waals surface area contributed by atoms with Gasteiger partial charge in [0.2, 0.25) is 5.91 Å². The summed E-state index contributed by atoms with van der Waals surface area (Å²) < 4.78 is 65.9. The van der Waals surface area contributed by atoms with Crippen LogP contribution >= 0.6 is 11.8 Å². The number of rotatable bonds is 9. The number of thioether (sulfide) groups is 1. The number of carbonyl (C=O) groups is 1. The van der Waals surface area contributed by atoms with Crippen LogP contribution in [0.2, 0.25) is 0 Å². The smallest absolute Gasteiger partial charge is 0.266 e. The number of benzene rings is 1. The van der Waals surface area contributed by atoms with Gasteiger partial charge in [-0.05, 0) is 34.4 Å². The molecule has 14 heteroatoms. The van der Waals surface area contributed by atoms with Gasteiger partial charge in [-0.3, -0.25) is 4.79 Å². The van der Waals surface area contributed by atoms with Gasteiger partial charge >= 0.3 is 0 Å². The molecular formula is C17H18F3N5O4S2. The highest BCUT2D eigenvalue weighted by atomic mass is 32.2. The van der Waals surface area contributed by atoms with Crippen molar-refractivity contribution in [1.29, 1.82) is 0 Å². The highest BCUT2D eigenvalue weighted by Crippen LogP contribution is 2.27. The van der Waals surface area contributed by atoms with Crippen molar-refractivity contribution < 1.29 is 31.0 Å². The number of nitrogens with zero attached hydrogens (tertiary/aromatic N) is 3. The fourth-order valence-corrected chi connectivity index (χ4v) is 5.19. The summed E-state index contributed by atoms with van der Waals surface area (Å²) in [5, 5.41) is 10.3. The lowest BCUT2D eigenvalue weighted by atomic mass is 10.1. The van der Waals surface area contributed by atoms with Crippen LogP contribution < -0.4 is 11.1 Å². The molecule has 168 valence electrons. The van der Waals surface area contributed by atoms with Crippen molar-refractivity contribution in [1.82, 2.24) is 15.6 Å². The number of nitrogens with one attached hydrogen (secondary N) is 1. The highest BCUT2D eigenvalue weighted by molar-refractivity contribution is 7.99. The molecule has 0 aliphatic carbocycles. The Morgan fingerprint density at radius 2 is 2.10 bits per heavy atom. The minimum Gasteiger partial charge on any atom is -0.382 e. The molecule has 1 aromatic carbocycles. The van der Waals surface area contributed by atoms with Crippen molar-refractivity contribution >= 4 is 39.0 Å². The number of alkyl halides is 2. The largest absolute Gasteiger partial charge is 0.382 e. The van der Waals surface area contributed by atoms with Crippen molar-refractivity contribution in [2.24, 2.45) is 16.6 Å². The lowest BCUT2D eigenvalue weighted by Crippen LogP contribution is -2.40. The number of aromatic nitrogens is 2. The first-order chi connectivity index (χ1) is 14.6. The van der Waals surface area contributed by atoms with E-state index in [0.717, 1.165) is 23.9 Å². The number of hydrogen-bond acceptors (Lipinski definition) is 8. The minimum absolute atomic E-state index is 0.0124. The van der Waals surface area contributed by atoms with Gasteiger partial charge in [0.25, 0.3) is 6.43 Å². The molecule has 0 bridgehead atoms. The summed E-state index contributed by atoms with van der Waals surface area (Å²) in [6.07, 6.45) is -2.85. The summed E-state index contributed by atoms with van der Waals surface area (Å²) >= 11 is 1.16. The Bertz CT molecular complexity index is 1080. The Labute approximate surface area is 179 Å². The molecule has 1 aliphatic heterocycles. The normalized spacial score (nSPS) is 16.3. The van der Waals surface area contributed by atoms with Gasteiger partial charge in [-0.15, -0.1) is 0 Å². The lowest BCUT2D eigenvalue weighted by Gasteiger charge is -2.24. The molecule has 0 spiro atoms. The quantitative estimate of drug-likeness (QED) is 0.241. The van der Waals surface area contributed by atoms with E-state index >= 15 is 0 Å². The van der Waals surface area contributed by atoms with Gasteiger partial charge in [-0.25, -0.2) is 31.2 Å². The van der Waals surface area contributed by atoms with E-state index in [0.29, 0.717) is 5.75 Å². The Morgan fingerprint density at radius 1 is 1.35 bits per heavy atom. The van der Waals surface area contributed by atoms with E-state index in [1.165, 1.54) is 6.07 Å². The number of halogens is 3. The van der Waals surface area contributed by atoms with Gasteiger partial charge < -0.3 is 11.1 Å². The molecule has 0 radical (unpaired) electrons. The van der Waals surface area contributed by atoms with E-state index in [1.807, 2.05) is 0 Å². The fraction of sp³-hybridized carbons (Fsp3) is 0.412. The third-order valence-electron chi connectivity index (χ3n) is 4.28. The summed E-state index contributed by atoms with van der Waals surface area (Å²) in [5.41, 5.74) is 5.16. The predicted octanol–water partition coefficient (Wildman–Crippen LogP) is 1.83. The molecule has 1 aromatic heterocycles. The number of nitrogens with two attached hydrogens (primary N) is 1. The number of amidine groups is 1. The van der Waals surface area contributed by atoms with Crippen LogP contribution in [-0.2, 0) is 14.6 Å². The standard InChI is InChI=1S/C17H18F3N5O4S2/c18-12-2-1-10(6-11(12)15(19)20)23-16(21)14-17(25-29-24-14)30-4-3-22-13(26)5-9-7-31(27,28)8-9/h1-2,6,9,15H,3-5,7-8H2,(H2,21,23)(H,22,26). The average molecular weight is 477 g/mol. The van der Waals surface area contributed by atoms with Crippen molar-refractivity contribution in [3.05, 3.63) is 35.3 Å². The van der Waals surface area contributed by atoms with Gasteiger partial charge in [0.15, 0.2) is 26.4 Å². The van der Waals surface area contributed by atoms with Crippen LogP contribution in [-0.4, -0.2) is 54.3 Å². The van der Waals surface area contributed by atoms with E-state index in [4.69, 9.17) is 5.73 Å². The van der Waals surface area contributed by atoms with E-state index < -0.39 is 27.6 Å². The maximum absolute atomic E-state index is 13.4. The van der Waals surface area contributed by atoms with Crippen LogP contribution in [0.3, 0.4) is 0 Å². The molecule has 1 amide bonds. The number of amides is 1. The van der Waals surface area contributed by atoms with Gasteiger partial charge in [-0.2, -0.15) is 0 Å². The van der Waals surface area contributed by atoms with E-state index in [1.54, 1.807) is 0 Å². The molecule has 2 aromatic rings. The first-order valence-corrected chi connectivity index (χ1v) is 11.8. The Balaban J connectivity index is 1.53. The van der Waals surface area contributed by atoms with Crippen LogP contribution in [0, 0.1) is 11.7 Å². The van der Waals surface area contributed by atoms with Crippen LogP contribution in [0.1, 0.15) is 24.1 Å². The topological polar surface area (TPSA) is 141 Å². The lowest BCUT2D eigenvalue weighted by molar-refractivity contribution is -0.121. The van der Waals surface area contributed by atoms with Crippen LogP contribution in [0.4, 0.5) is 18.9 Å². The molecule has 0 unspecified atom stereocenters. The maximum Gasteiger partial charge on any atom is 0.266 e. The molecule has 3 N–H and O–H groups in total. The van der Waals surface area contributed by atoms with Crippen LogP contribution in [0.15, 0.2) is 32.8 Å². The number of sulfone groups is 1.